The van der Waals surface area contributed by atoms with E-state index in [1.165, 1.54) is 15.9 Å². The van der Waals surface area contributed by atoms with Crippen molar-refractivity contribution in [2.75, 3.05) is 40.3 Å². The van der Waals surface area contributed by atoms with Crippen LogP contribution >= 0.6 is 15.9 Å². The number of hydrogen-bond acceptors (Lipinski definition) is 3. The lowest BCUT2D eigenvalue weighted by molar-refractivity contribution is 0.0417. The molecule has 8 heteroatoms. The van der Waals surface area contributed by atoms with Gasteiger partial charge in [-0.3, -0.25) is 0 Å². The van der Waals surface area contributed by atoms with Gasteiger partial charge in [-0.25, -0.2) is 13.6 Å². The van der Waals surface area contributed by atoms with E-state index in [4.69, 9.17) is 0 Å². The molecule has 2 aromatic carbocycles. The van der Waals surface area contributed by atoms with Gasteiger partial charge in [-0.05, 0) is 48.9 Å². The Morgan fingerprint density at radius 1 is 1.27 bits per heavy atom. The van der Waals surface area contributed by atoms with E-state index in [0.29, 0.717) is 34.1 Å². The SMILES string of the molecule is CN1CCC(N(C)C(=O)N2CC(c3cc(Br)ccc3F)=C[C@@]2(CO)c2ccccc2)C(F)C1. The van der Waals surface area contributed by atoms with Crippen LogP contribution in [0, 0.1) is 5.82 Å². The van der Waals surface area contributed by atoms with Crippen molar-refractivity contribution < 1.29 is 18.7 Å². The minimum atomic E-state index is -1.19. The fourth-order valence-electron chi connectivity index (χ4n) is 4.87. The lowest BCUT2D eigenvalue weighted by Gasteiger charge is -2.43. The monoisotopic (exact) mass is 519 g/mol. The highest BCUT2D eigenvalue weighted by Gasteiger charge is 2.47. The van der Waals surface area contributed by atoms with Crippen LogP contribution in [0.4, 0.5) is 13.6 Å². The summed E-state index contributed by atoms with van der Waals surface area (Å²) >= 11 is 3.39. The largest absolute Gasteiger partial charge is 0.393 e. The number of alkyl halides is 1. The van der Waals surface area contributed by atoms with Crippen LogP contribution in [-0.2, 0) is 5.54 Å². The molecule has 0 spiro atoms. The molecule has 2 heterocycles. The molecule has 1 saturated heterocycles. The molecule has 3 atom stereocenters. The third kappa shape index (κ3) is 4.44. The first kappa shape index (κ1) is 23.9. The number of hydrogen-bond donors (Lipinski definition) is 1. The topological polar surface area (TPSA) is 47.0 Å². The van der Waals surface area contributed by atoms with Gasteiger partial charge in [0.1, 0.15) is 17.5 Å². The Hall–Kier alpha value is -2.29. The minimum absolute atomic E-state index is 0.0928. The summed E-state index contributed by atoms with van der Waals surface area (Å²) in [6.45, 7) is 0.663. The second-order valence-corrected chi connectivity index (χ2v) is 9.77. The third-order valence-electron chi connectivity index (χ3n) is 6.75. The Morgan fingerprint density at radius 3 is 2.67 bits per heavy atom. The highest BCUT2D eigenvalue weighted by molar-refractivity contribution is 9.10. The summed E-state index contributed by atoms with van der Waals surface area (Å²) in [5, 5.41) is 10.6. The first-order chi connectivity index (χ1) is 15.8. The van der Waals surface area contributed by atoms with Crippen molar-refractivity contribution in [1.82, 2.24) is 14.7 Å². The summed E-state index contributed by atoms with van der Waals surface area (Å²) in [5.41, 5.74) is 0.473. The number of carbonyl (C=O) groups excluding carboxylic acids is 1. The molecule has 0 radical (unpaired) electrons. The van der Waals surface area contributed by atoms with Crippen LogP contribution in [0.1, 0.15) is 17.5 Å². The number of urea groups is 1. The molecule has 2 unspecified atom stereocenters. The van der Waals surface area contributed by atoms with Gasteiger partial charge in [-0.15, -0.1) is 0 Å². The summed E-state index contributed by atoms with van der Waals surface area (Å²) in [7, 11) is 3.47. The maximum atomic E-state index is 14.9. The van der Waals surface area contributed by atoms with Gasteiger partial charge >= 0.3 is 6.03 Å². The van der Waals surface area contributed by atoms with Gasteiger partial charge in [0.15, 0.2) is 0 Å². The molecular weight excluding hydrogens is 492 g/mol. The number of piperidine rings is 1. The number of likely N-dealkylation sites (tertiary alicyclic amines) is 1. The second-order valence-electron chi connectivity index (χ2n) is 8.86. The van der Waals surface area contributed by atoms with Crippen molar-refractivity contribution in [3.8, 4) is 0 Å². The number of carbonyl (C=O) groups is 1. The van der Waals surface area contributed by atoms with Gasteiger partial charge < -0.3 is 19.8 Å². The molecule has 2 aromatic rings. The van der Waals surface area contributed by atoms with E-state index in [9.17, 15) is 18.7 Å². The van der Waals surface area contributed by atoms with Crippen LogP contribution in [0.3, 0.4) is 0 Å². The van der Waals surface area contributed by atoms with E-state index >= 15 is 0 Å². The molecule has 0 saturated carbocycles. The van der Waals surface area contributed by atoms with E-state index < -0.39 is 29.6 Å². The second kappa shape index (κ2) is 9.52. The summed E-state index contributed by atoms with van der Waals surface area (Å²) in [4.78, 5) is 18.7. The van der Waals surface area contributed by atoms with E-state index in [1.807, 2.05) is 42.3 Å². The standard InChI is InChI=1S/C25H28BrF2N3O2/c1-29-11-10-23(22(28)15-29)30(2)24(33)31-14-17(20-12-19(26)8-9-21(20)27)13-25(31,16-32)18-6-4-3-5-7-18/h3-9,12-13,22-23,32H,10-11,14-16H2,1-2H3/t22?,23?,25-/m1/s1. The molecule has 0 bridgehead atoms. The molecule has 5 nitrogen and oxygen atoms in total. The van der Waals surface area contributed by atoms with Crippen molar-refractivity contribution in [2.45, 2.75) is 24.2 Å². The highest BCUT2D eigenvalue weighted by atomic mass is 79.9. The Labute approximate surface area is 201 Å². The number of amides is 2. The summed E-state index contributed by atoms with van der Waals surface area (Å²) in [5.74, 6) is -0.411. The van der Waals surface area contributed by atoms with Crippen LogP contribution in [0.15, 0.2) is 59.1 Å². The van der Waals surface area contributed by atoms with Gasteiger partial charge in [0.2, 0.25) is 0 Å². The molecule has 2 aliphatic rings. The number of aliphatic hydroxyl groups excluding tert-OH is 1. The average molecular weight is 520 g/mol. The molecule has 2 aliphatic heterocycles. The number of aliphatic hydroxyl groups is 1. The van der Waals surface area contributed by atoms with Gasteiger partial charge in [0, 0.05) is 36.7 Å². The Bertz CT molecular complexity index is 1050. The van der Waals surface area contributed by atoms with Crippen LogP contribution in [0.5, 0.6) is 0 Å². The summed E-state index contributed by atoms with van der Waals surface area (Å²) in [6.07, 6.45) is 1.11. The molecular formula is C25H28BrF2N3O2. The molecule has 33 heavy (non-hydrogen) atoms. The summed E-state index contributed by atoms with van der Waals surface area (Å²) in [6, 6.07) is 12.9. The van der Waals surface area contributed by atoms with Crippen LogP contribution in [0.2, 0.25) is 0 Å². The molecule has 0 aromatic heterocycles. The molecule has 1 fully saturated rings. The lowest BCUT2D eigenvalue weighted by atomic mass is 9.89. The number of benzene rings is 2. The number of rotatable bonds is 4. The zero-order chi connectivity index (χ0) is 23.8. The Balaban J connectivity index is 1.75. The zero-order valence-electron chi connectivity index (χ0n) is 18.7. The van der Waals surface area contributed by atoms with Crippen molar-refractivity contribution in [3.63, 3.8) is 0 Å². The predicted molar refractivity (Wildman–Crippen MR) is 128 cm³/mol. The van der Waals surface area contributed by atoms with Crippen molar-refractivity contribution in [1.29, 1.82) is 0 Å². The van der Waals surface area contributed by atoms with E-state index in [-0.39, 0.29) is 19.7 Å². The van der Waals surface area contributed by atoms with E-state index in [0.717, 1.165) is 0 Å². The van der Waals surface area contributed by atoms with Gasteiger partial charge in [0.25, 0.3) is 0 Å². The van der Waals surface area contributed by atoms with Crippen LogP contribution in [-0.4, -0.2) is 78.4 Å². The maximum absolute atomic E-state index is 14.9. The molecule has 4 rings (SSSR count). The van der Waals surface area contributed by atoms with E-state index in [2.05, 4.69) is 15.9 Å². The smallest absolute Gasteiger partial charge is 0.321 e. The Morgan fingerprint density at radius 2 is 2.00 bits per heavy atom. The predicted octanol–water partition coefficient (Wildman–Crippen LogP) is 4.27. The molecule has 176 valence electrons. The first-order valence-electron chi connectivity index (χ1n) is 11.0. The Kier molecular flexibility index (Phi) is 6.88. The fourth-order valence-corrected chi connectivity index (χ4v) is 5.23. The van der Waals surface area contributed by atoms with Crippen LogP contribution in [0.25, 0.3) is 5.57 Å². The highest BCUT2D eigenvalue weighted by Crippen LogP contribution is 2.42. The number of nitrogens with zero attached hydrogens (tertiary/aromatic N) is 3. The van der Waals surface area contributed by atoms with Crippen molar-refractivity contribution >= 4 is 27.5 Å². The maximum Gasteiger partial charge on any atom is 0.321 e. The first-order valence-corrected chi connectivity index (χ1v) is 11.8. The summed E-state index contributed by atoms with van der Waals surface area (Å²) < 4.78 is 30.3. The normalized spacial score (nSPS) is 25.8. The molecule has 1 N–H and O–H groups in total. The van der Waals surface area contributed by atoms with Crippen molar-refractivity contribution in [2.24, 2.45) is 0 Å². The van der Waals surface area contributed by atoms with Crippen molar-refractivity contribution in [3.05, 3.63) is 76.0 Å². The van der Waals surface area contributed by atoms with Gasteiger partial charge in [-0.1, -0.05) is 46.3 Å². The number of halogens is 3. The van der Waals surface area contributed by atoms with Crippen LogP contribution < -0.4 is 0 Å². The van der Waals surface area contributed by atoms with E-state index in [1.54, 1.807) is 25.3 Å². The molecule has 2 amide bonds. The average Bonchev–Trinajstić information content (AvgIpc) is 3.21. The quantitative estimate of drug-likeness (QED) is 0.656. The minimum Gasteiger partial charge on any atom is -0.393 e. The zero-order valence-corrected chi connectivity index (χ0v) is 20.3. The van der Waals surface area contributed by atoms with Gasteiger partial charge in [-0.2, -0.15) is 0 Å². The lowest BCUT2D eigenvalue weighted by Crippen LogP contribution is -2.58. The molecule has 0 aliphatic carbocycles. The third-order valence-corrected chi connectivity index (χ3v) is 7.25. The fraction of sp³-hybridized carbons (Fsp3) is 0.400. The van der Waals surface area contributed by atoms with Gasteiger partial charge in [0.05, 0.1) is 12.6 Å².